The van der Waals surface area contributed by atoms with E-state index in [0.29, 0.717) is 12.0 Å². The largest absolute Gasteiger partial charge is 0.465 e. The van der Waals surface area contributed by atoms with Crippen molar-refractivity contribution in [1.29, 1.82) is 0 Å². The molecule has 100 valence electrons. The molecule has 0 spiro atoms. The fraction of sp³-hybridized carbons (Fsp3) is 0.929. The fourth-order valence-electron chi connectivity index (χ4n) is 2.57. The van der Waals surface area contributed by atoms with Crippen molar-refractivity contribution >= 4 is 5.97 Å². The number of likely N-dealkylation sites (tertiary alicyclic amines) is 1. The van der Waals surface area contributed by atoms with Crippen LogP contribution in [-0.4, -0.2) is 36.6 Å². The van der Waals surface area contributed by atoms with Crippen molar-refractivity contribution in [2.45, 2.75) is 59.4 Å². The van der Waals surface area contributed by atoms with Gasteiger partial charge in [0.15, 0.2) is 0 Å². The van der Waals surface area contributed by atoms with E-state index in [0.717, 1.165) is 19.5 Å². The summed E-state index contributed by atoms with van der Waals surface area (Å²) in [7, 11) is 0. The zero-order chi connectivity index (χ0) is 12.9. The summed E-state index contributed by atoms with van der Waals surface area (Å²) < 4.78 is 5.16. The lowest BCUT2D eigenvalue weighted by atomic mass is 9.85. The van der Waals surface area contributed by atoms with Gasteiger partial charge in [-0.2, -0.15) is 0 Å². The number of hydrogen-bond donors (Lipinski definition) is 0. The van der Waals surface area contributed by atoms with E-state index in [1.165, 1.54) is 19.3 Å². The highest BCUT2D eigenvalue weighted by Gasteiger charge is 2.30. The molecule has 1 aliphatic rings. The zero-order valence-corrected chi connectivity index (χ0v) is 11.8. The van der Waals surface area contributed by atoms with E-state index in [4.69, 9.17) is 4.74 Å². The Morgan fingerprint density at radius 1 is 1.29 bits per heavy atom. The first kappa shape index (κ1) is 14.5. The van der Waals surface area contributed by atoms with Crippen molar-refractivity contribution < 1.29 is 9.53 Å². The molecule has 1 heterocycles. The van der Waals surface area contributed by atoms with Gasteiger partial charge in [-0.25, -0.2) is 0 Å². The normalized spacial score (nSPS) is 22.8. The van der Waals surface area contributed by atoms with Gasteiger partial charge < -0.3 is 4.74 Å². The molecule has 0 aromatic carbocycles. The van der Waals surface area contributed by atoms with E-state index < -0.39 is 0 Å². The molecule has 0 aliphatic carbocycles. The van der Waals surface area contributed by atoms with Crippen LogP contribution in [0.3, 0.4) is 0 Å². The Kier molecular flexibility index (Phi) is 5.44. The number of ether oxygens (including phenoxy) is 1. The molecule has 0 aromatic heterocycles. The van der Waals surface area contributed by atoms with E-state index in [1.807, 2.05) is 6.92 Å². The Balaban J connectivity index is 2.60. The second-order valence-electron chi connectivity index (χ2n) is 5.73. The number of esters is 1. The maximum absolute atomic E-state index is 11.9. The Hall–Kier alpha value is -0.570. The zero-order valence-electron chi connectivity index (χ0n) is 11.8. The van der Waals surface area contributed by atoms with Gasteiger partial charge in [-0.05, 0) is 51.1 Å². The van der Waals surface area contributed by atoms with Crippen LogP contribution in [0.25, 0.3) is 0 Å². The van der Waals surface area contributed by atoms with Crippen LogP contribution in [0, 0.1) is 5.41 Å². The third-order valence-electron chi connectivity index (χ3n) is 3.76. The lowest BCUT2D eigenvalue weighted by Gasteiger charge is -2.28. The number of hydrogen-bond acceptors (Lipinski definition) is 3. The minimum Gasteiger partial charge on any atom is -0.465 e. The summed E-state index contributed by atoms with van der Waals surface area (Å²) in [6, 6.07) is -0.0381. The van der Waals surface area contributed by atoms with Crippen LogP contribution >= 0.6 is 0 Å². The molecule has 3 heteroatoms. The van der Waals surface area contributed by atoms with Crippen LogP contribution in [0.4, 0.5) is 0 Å². The molecule has 1 unspecified atom stereocenters. The first-order valence-electron chi connectivity index (χ1n) is 6.91. The number of rotatable bonds is 4. The molecular formula is C14H27NO2. The Morgan fingerprint density at radius 2 is 2.00 bits per heavy atom. The summed E-state index contributed by atoms with van der Waals surface area (Å²) in [4.78, 5) is 14.2. The third kappa shape index (κ3) is 4.30. The topological polar surface area (TPSA) is 29.5 Å². The monoisotopic (exact) mass is 241 g/mol. The van der Waals surface area contributed by atoms with Crippen LogP contribution in [-0.2, 0) is 9.53 Å². The summed E-state index contributed by atoms with van der Waals surface area (Å²) >= 11 is 0. The second-order valence-corrected chi connectivity index (χ2v) is 5.73. The van der Waals surface area contributed by atoms with Crippen LogP contribution in [0.1, 0.15) is 53.4 Å². The lowest BCUT2D eigenvalue weighted by Crippen LogP contribution is -2.42. The van der Waals surface area contributed by atoms with Gasteiger partial charge >= 0.3 is 5.97 Å². The van der Waals surface area contributed by atoms with Crippen LogP contribution in [0.2, 0.25) is 0 Å². The standard InChI is InChI=1S/C14H27NO2/c1-5-12(13(16)17-6-2)15-10-7-8-14(3,4)9-11-15/h12H,5-11H2,1-4H3. The molecule has 0 amide bonds. The van der Waals surface area contributed by atoms with Crippen molar-refractivity contribution in [3.8, 4) is 0 Å². The third-order valence-corrected chi connectivity index (χ3v) is 3.76. The molecule has 1 rings (SSSR count). The maximum Gasteiger partial charge on any atom is 0.323 e. The molecule has 17 heavy (non-hydrogen) atoms. The Bertz CT molecular complexity index is 251. The van der Waals surface area contributed by atoms with Crippen molar-refractivity contribution in [3.05, 3.63) is 0 Å². The minimum absolute atomic E-state index is 0.0381. The number of carbonyl (C=O) groups is 1. The van der Waals surface area contributed by atoms with Crippen LogP contribution < -0.4 is 0 Å². The maximum atomic E-state index is 11.9. The van der Waals surface area contributed by atoms with Crippen molar-refractivity contribution in [2.75, 3.05) is 19.7 Å². The first-order chi connectivity index (χ1) is 8.00. The molecule has 1 aliphatic heterocycles. The second kappa shape index (κ2) is 6.39. The van der Waals surface area contributed by atoms with Gasteiger partial charge in [-0.1, -0.05) is 20.8 Å². The summed E-state index contributed by atoms with van der Waals surface area (Å²) in [5.41, 5.74) is 0.418. The van der Waals surface area contributed by atoms with Gasteiger partial charge in [0.2, 0.25) is 0 Å². The molecule has 0 N–H and O–H groups in total. The van der Waals surface area contributed by atoms with Gasteiger partial charge in [-0.3, -0.25) is 9.69 Å². The highest BCUT2D eigenvalue weighted by molar-refractivity contribution is 5.75. The smallest absolute Gasteiger partial charge is 0.323 e. The minimum atomic E-state index is -0.0466. The quantitative estimate of drug-likeness (QED) is 0.709. The summed E-state index contributed by atoms with van der Waals surface area (Å²) in [5, 5.41) is 0. The summed E-state index contributed by atoms with van der Waals surface area (Å²) in [6.07, 6.45) is 4.45. The van der Waals surface area contributed by atoms with Crippen LogP contribution in [0.5, 0.6) is 0 Å². The molecule has 1 fully saturated rings. The van der Waals surface area contributed by atoms with Crippen molar-refractivity contribution in [3.63, 3.8) is 0 Å². The van der Waals surface area contributed by atoms with E-state index in [9.17, 15) is 4.79 Å². The van der Waals surface area contributed by atoms with Crippen molar-refractivity contribution in [2.24, 2.45) is 5.41 Å². The Labute approximate surface area is 106 Å². The van der Waals surface area contributed by atoms with E-state index in [1.54, 1.807) is 0 Å². The molecule has 0 saturated carbocycles. The van der Waals surface area contributed by atoms with Gasteiger partial charge in [0.05, 0.1) is 6.61 Å². The average molecular weight is 241 g/mol. The number of carbonyl (C=O) groups excluding carboxylic acids is 1. The molecule has 3 nitrogen and oxygen atoms in total. The van der Waals surface area contributed by atoms with Gasteiger partial charge in [-0.15, -0.1) is 0 Å². The highest BCUT2D eigenvalue weighted by Crippen LogP contribution is 2.30. The summed E-state index contributed by atoms with van der Waals surface area (Å²) in [5.74, 6) is -0.0466. The van der Waals surface area contributed by atoms with Gasteiger partial charge in [0.1, 0.15) is 6.04 Å². The summed E-state index contributed by atoms with van der Waals surface area (Å²) in [6.45, 7) is 11.1. The molecule has 0 aromatic rings. The SMILES string of the molecule is CCOC(=O)C(CC)N1CCCC(C)(C)CC1. The van der Waals surface area contributed by atoms with E-state index >= 15 is 0 Å². The number of nitrogens with zero attached hydrogens (tertiary/aromatic N) is 1. The Morgan fingerprint density at radius 3 is 2.59 bits per heavy atom. The average Bonchev–Trinajstić information content (AvgIpc) is 2.42. The lowest BCUT2D eigenvalue weighted by molar-refractivity contribution is -0.149. The molecule has 0 bridgehead atoms. The predicted octanol–water partition coefficient (Wildman–Crippen LogP) is 2.84. The fourth-order valence-corrected chi connectivity index (χ4v) is 2.57. The predicted molar refractivity (Wildman–Crippen MR) is 69.9 cm³/mol. The molecule has 0 radical (unpaired) electrons. The first-order valence-corrected chi connectivity index (χ1v) is 6.91. The molecule has 1 saturated heterocycles. The van der Waals surface area contributed by atoms with Gasteiger partial charge in [0, 0.05) is 0 Å². The van der Waals surface area contributed by atoms with E-state index in [2.05, 4.69) is 25.7 Å². The van der Waals surface area contributed by atoms with E-state index in [-0.39, 0.29) is 12.0 Å². The van der Waals surface area contributed by atoms with Crippen molar-refractivity contribution in [1.82, 2.24) is 4.90 Å². The van der Waals surface area contributed by atoms with Gasteiger partial charge in [0.25, 0.3) is 0 Å². The molecule has 1 atom stereocenters. The molecular weight excluding hydrogens is 214 g/mol. The highest BCUT2D eigenvalue weighted by atomic mass is 16.5. The van der Waals surface area contributed by atoms with Crippen LogP contribution in [0.15, 0.2) is 0 Å².